The molecule has 1 saturated heterocycles. The number of likely N-dealkylation sites (tertiary alicyclic amines) is 1. The summed E-state index contributed by atoms with van der Waals surface area (Å²) in [4.78, 5) is 15.7. The molecule has 1 N–H and O–H groups in total. The Kier molecular flexibility index (Phi) is 4.64. The summed E-state index contributed by atoms with van der Waals surface area (Å²) in [6.07, 6.45) is 1.09. The van der Waals surface area contributed by atoms with Crippen LogP contribution in [0.5, 0.6) is 17.2 Å². The number of nitrogens with zero attached hydrogens (tertiary/aromatic N) is 1. The van der Waals surface area contributed by atoms with Crippen LogP contribution in [0, 0.1) is 11.8 Å². The SMILES string of the molecule is O=C(Cc1cccs1)N1C[C@H]2C[C@@H](Oc3ccc4c(c3)OCO4)[C@H](O)C[C@H]2C1. The fourth-order valence-corrected chi connectivity index (χ4v) is 5.22. The summed E-state index contributed by atoms with van der Waals surface area (Å²) in [6.45, 7) is 1.72. The third-order valence-corrected chi connectivity index (χ3v) is 6.85. The predicted molar refractivity (Wildman–Crippen MR) is 104 cm³/mol. The van der Waals surface area contributed by atoms with Crippen molar-refractivity contribution in [3.05, 3.63) is 40.6 Å². The lowest BCUT2D eigenvalue weighted by molar-refractivity contribution is -0.129. The van der Waals surface area contributed by atoms with Gasteiger partial charge in [0, 0.05) is 24.0 Å². The van der Waals surface area contributed by atoms with Crippen LogP contribution in [0.3, 0.4) is 0 Å². The van der Waals surface area contributed by atoms with E-state index in [0.717, 1.165) is 24.4 Å². The molecule has 2 aliphatic heterocycles. The van der Waals surface area contributed by atoms with Gasteiger partial charge in [-0.05, 0) is 48.3 Å². The molecule has 7 heteroatoms. The Bertz CT molecular complexity index is 854. The molecule has 3 aliphatic rings. The zero-order valence-corrected chi connectivity index (χ0v) is 16.3. The van der Waals surface area contributed by atoms with Gasteiger partial charge in [-0.25, -0.2) is 0 Å². The van der Waals surface area contributed by atoms with E-state index in [1.54, 1.807) is 11.3 Å². The van der Waals surface area contributed by atoms with E-state index in [1.165, 1.54) is 0 Å². The van der Waals surface area contributed by atoms with Crippen molar-refractivity contribution < 1.29 is 24.1 Å². The van der Waals surface area contributed by atoms with E-state index in [-0.39, 0.29) is 18.8 Å². The van der Waals surface area contributed by atoms with Gasteiger partial charge in [0.15, 0.2) is 11.5 Å². The molecule has 148 valence electrons. The van der Waals surface area contributed by atoms with Crippen LogP contribution in [-0.2, 0) is 11.2 Å². The van der Waals surface area contributed by atoms with Crippen LogP contribution in [-0.4, -0.2) is 48.0 Å². The summed E-state index contributed by atoms with van der Waals surface area (Å²) in [6, 6.07) is 9.47. The standard InChI is InChI=1S/C21H23NO5S/c23-17-6-13-10-22(21(24)9-16-2-1-5-28-16)11-14(13)7-19(17)27-15-3-4-18-20(8-15)26-12-25-18/h1-5,8,13-14,17,19,23H,6-7,9-12H2/t13-,14+,17+,19+/m0/s1. The van der Waals surface area contributed by atoms with Crippen LogP contribution in [0.4, 0.5) is 0 Å². The van der Waals surface area contributed by atoms with Crippen molar-refractivity contribution in [2.75, 3.05) is 19.9 Å². The number of benzene rings is 1. The van der Waals surface area contributed by atoms with Crippen molar-refractivity contribution in [3.8, 4) is 17.2 Å². The van der Waals surface area contributed by atoms with E-state index in [2.05, 4.69) is 0 Å². The van der Waals surface area contributed by atoms with E-state index in [4.69, 9.17) is 14.2 Å². The molecule has 2 fully saturated rings. The number of hydrogen-bond acceptors (Lipinski definition) is 6. The number of ether oxygens (including phenoxy) is 3. The van der Waals surface area contributed by atoms with Gasteiger partial charge in [-0.1, -0.05) is 6.07 Å². The van der Waals surface area contributed by atoms with E-state index in [0.29, 0.717) is 41.9 Å². The van der Waals surface area contributed by atoms with Crippen LogP contribution >= 0.6 is 11.3 Å². The van der Waals surface area contributed by atoms with Crippen LogP contribution in [0.2, 0.25) is 0 Å². The Morgan fingerprint density at radius 1 is 1.18 bits per heavy atom. The molecule has 1 amide bonds. The van der Waals surface area contributed by atoms with Crippen LogP contribution in [0.15, 0.2) is 35.7 Å². The number of thiophene rings is 1. The molecule has 4 atom stereocenters. The number of fused-ring (bicyclic) bond motifs is 2. The minimum atomic E-state index is -0.529. The highest BCUT2D eigenvalue weighted by molar-refractivity contribution is 7.10. The highest BCUT2D eigenvalue weighted by Gasteiger charge is 2.43. The molecule has 28 heavy (non-hydrogen) atoms. The molecule has 6 nitrogen and oxygen atoms in total. The second-order valence-corrected chi connectivity index (χ2v) is 8.82. The number of carbonyl (C=O) groups excluding carboxylic acids is 1. The maximum atomic E-state index is 12.6. The molecule has 1 aromatic carbocycles. The summed E-state index contributed by atoms with van der Waals surface area (Å²) in [5, 5.41) is 12.6. The number of rotatable bonds is 4. The first-order chi connectivity index (χ1) is 13.7. The fraction of sp³-hybridized carbons (Fsp3) is 0.476. The Morgan fingerprint density at radius 3 is 2.82 bits per heavy atom. The quantitative estimate of drug-likeness (QED) is 0.853. The van der Waals surface area contributed by atoms with Crippen LogP contribution in [0.25, 0.3) is 0 Å². The number of amides is 1. The Labute approximate surface area is 167 Å². The summed E-state index contributed by atoms with van der Waals surface area (Å²) in [5.41, 5.74) is 0. The summed E-state index contributed by atoms with van der Waals surface area (Å²) < 4.78 is 16.8. The average Bonchev–Trinajstić information content (AvgIpc) is 3.41. The number of carbonyl (C=O) groups is 1. The van der Waals surface area contributed by atoms with E-state index in [1.807, 2.05) is 40.6 Å². The Morgan fingerprint density at radius 2 is 2.00 bits per heavy atom. The van der Waals surface area contributed by atoms with Crippen molar-refractivity contribution in [1.29, 1.82) is 0 Å². The molecular formula is C21H23NO5S. The van der Waals surface area contributed by atoms with Gasteiger partial charge < -0.3 is 24.2 Å². The van der Waals surface area contributed by atoms with Gasteiger partial charge >= 0.3 is 0 Å². The normalized spacial score (nSPS) is 28.2. The number of hydrogen-bond donors (Lipinski definition) is 1. The molecule has 3 heterocycles. The second kappa shape index (κ2) is 7.29. The zero-order chi connectivity index (χ0) is 19.1. The fourth-order valence-electron chi connectivity index (χ4n) is 4.52. The molecule has 2 aromatic rings. The van der Waals surface area contributed by atoms with Crippen molar-refractivity contribution in [3.63, 3.8) is 0 Å². The second-order valence-electron chi connectivity index (χ2n) is 7.79. The molecular weight excluding hydrogens is 378 g/mol. The monoisotopic (exact) mass is 401 g/mol. The molecule has 5 rings (SSSR count). The van der Waals surface area contributed by atoms with Gasteiger partial charge in [-0.15, -0.1) is 11.3 Å². The molecule has 0 spiro atoms. The topological polar surface area (TPSA) is 68.2 Å². The predicted octanol–water partition coefficient (Wildman–Crippen LogP) is 2.70. The maximum absolute atomic E-state index is 12.6. The smallest absolute Gasteiger partial charge is 0.231 e. The summed E-state index contributed by atoms with van der Waals surface area (Å²) in [5.74, 6) is 2.96. The third kappa shape index (κ3) is 3.44. The molecule has 0 unspecified atom stereocenters. The summed E-state index contributed by atoms with van der Waals surface area (Å²) >= 11 is 1.62. The first-order valence-electron chi connectivity index (χ1n) is 9.70. The first kappa shape index (κ1) is 17.8. The molecule has 1 aromatic heterocycles. The molecule has 0 bridgehead atoms. The first-order valence-corrected chi connectivity index (χ1v) is 10.6. The lowest BCUT2D eigenvalue weighted by Gasteiger charge is -2.35. The van der Waals surface area contributed by atoms with Gasteiger partial charge in [-0.2, -0.15) is 0 Å². The van der Waals surface area contributed by atoms with Gasteiger partial charge in [0.1, 0.15) is 11.9 Å². The van der Waals surface area contributed by atoms with Gasteiger partial charge in [0.05, 0.1) is 12.5 Å². The van der Waals surface area contributed by atoms with Gasteiger partial charge in [0.2, 0.25) is 12.7 Å². The lowest BCUT2D eigenvalue weighted by Crippen LogP contribution is -2.42. The average molecular weight is 401 g/mol. The van der Waals surface area contributed by atoms with Crippen molar-refractivity contribution in [2.24, 2.45) is 11.8 Å². The van der Waals surface area contributed by atoms with Crippen LogP contribution in [0.1, 0.15) is 17.7 Å². The zero-order valence-electron chi connectivity index (χ0n) is 15.5. The van der Waals surface area contributed by atoms with Crippen molar-refractivity contribution >= 4 is 17.2 Å². The van der Waals surface area contributed by atoms with Crippen molar-refractivity contribution in [1.82, 2.24) is 4.90 Å². The highest BCUT2D eigenvalue weighted by atomic mass is 32.1. The Hall–Kier alpha value is -2.25. The van der Waals surface area contributed by atoms with E-state index in [9.17, 15) is 9.90 Å². The maximum Gasteiger partial charge on any atom is 0.231 e. The lowest BCUT2D eigenvalue weighted by atomic mass is 9.78. The minimum absolute atomic E-state index is 0.180. The summed E-state index contributed by atoms with van der Waals surface area (Å²) in [7, 11) is 0. The van der Waals surface area contributed by atoms with E-state index >= 15 is 0 Å². The minimum Gasteiger partial charge on any atom is -0.488 e. The number of aliphatic hydroxyl groups is 1. The molecule has 1 saturated carbocycles. The molecule has 1 aliphatic carbocycles. The van der Waals surface area contributed by atoms with Crippen LogP contribution < -0.4 is 14.2 Å². The molecule has 0 radical (unpaired) electrons. The highest BCUT2D eigenvalue weighted by Crippen LogP contribution is 2.40. The van der Waals surface area contributed by atoms with Gasteiger partial charge in [0.25, 0.3) is 0 Å². The third-order valence-electron chi connectivity index (χ3n) is 5.97. The van der Waals surface area contributed by atoms with Gasteiger partial charge in [-0.3, -0.25) is 4.79 Å². The van der Waals surface area contributed by atoms with E-state index < -0.39 is 6.10 Å². The largest absolute Gasteiger partial charge is 0.488 e. The Balaban J connectivity index is 1.22. The van der Waals surface area contributed by atoms with Crippen molar-refractivity contribution in [2.45, 2.75) is 31.5 Å². The number of aliphatic hydroxyl groups excluding tert-OH is 1.